The largest absolute Gasteiger partial charge is 0.466 e. The van der Waals surface area contributed by atoms with Gasteiger partial charge in [-0.2, -0.15) is 0 Å². The van der Waals surface area contributed by atoms with Gasteiger partial charge in [0.05, 0.1) is 19.2 Å². The molecule has 2 rings (SSSR count). The van der Waals surface area contributed by atoms with E-state index in [9.17, 15) is 4.79 Å². The predicted octanol–water partition coefficient (Wildman–Crippen LogP) is 1.31. The van der Waals surface area contributed by atoms with Gasteiger partial charge in [-0.15, -0.1) is 11.3 Å². The number of carbonyl (C=O) groups is 1. The van der Waals surface area contributed by atoms with Crippen molar-refractivity contribution >= 4 is 39.1 Å². The zero-order valence-corrected chi connectivity index (χ0v) is 11.5. The molecule has 2 heterocycles. The number of halogens is 1. The number of aliphatic imine (C=N–C) groups is 1. The number of aromatic nitrogens is 1. The first-order chi connectivity index (χ1) is 8.26. The van der Waals surface area contributed by atoms with Crippen LogP contribution in [-0.2, 0) is 9.53 Å². The molecule has 0 radical (unpaired) electrons. The number of carbonyl (C=O) groups excluding carboxylic acids is 1. The molecule has 0 saturated carbocycles. The molecule has 1 aromatic rings. The Morgan fingerprint density at radius 2 is 2.53 bits per heavy atom. The molecule has 0 aliphatic carbocycles. The molecule has 0 amide bonds. The quantitative estimate of drug-likeness (QED) is 0.675. The highest BCUT2D eigenvalue weighted by atomic mass is 79.9. The third-order valence-corrected chi connectivity index (χ3v) is 3.57. The third kappa shape index (κ3) is 2.55. The fraction of sp³-hybridized carbons (Fsp3) is 0.300. The average molecular weight is 316 g/mol. The van der Waals surface area contributed by atoms with Crippen LogP contribution in [0.5, 0.6) is 0 Å². The van der Waals surface area contributed by atoms with Crippen molar-refractivity contribution in [3.63, 3.8) is 0 Å². The zero-order valence-electron chi connectivity index (χ0n) is 9.07. The Labute approximate surface area is 111 Å². The minimum Gasteiger partial charge on any atom is -0.466 e. The van der Waals surface area contributed by atoms with E-state index in [1.54, 1.807) is 6.20 Å². The number of nitrogens with zero attached hydrogens (tertiary/aromatic N) is 2. The number of allylic oxidation sites excluding steroid dienone is 1. The maximum absolute atomic E-state index is 11.5. The predicted molar refractivity (Wildman–Crippen MR) is 69.5 cm³/mol. The molecule has 0 unspecified atom stereocenters. The Hall–Kier alpha value is -1.21. The summed E-state index contributed by atoms with van der Waals surface area (Å²) in [6.45, 7) is 0.315. The molecular formula is C10H10BrN3O2S. The van der Waals surface area contributed by atoms with Crippen LogP contribution in [0.25, 0.3) is 0 Å². The average Bonchev–Trinajstić information content (AvgIpc) is 2.91. The van der Waals surface area contributed by atoms with Crippen molar-refractivity contribution in [2.75, 3.05) is 19.0 Å². The molecule has 5 nitrogen and oxygen atoms in total. The Morgan fingerprint density at radius 1 is 1.71 bits per heavy atom. The van der Waals surface area contributed by atoms with E-state index in [4.69, 9.17) is 4.74 Å². The van der Waals surface area contributed by atoms with E-state index >= 15 is 0 Å². The van der Waals surface area contributed by atoms with Crippen molar-refractivity contribution in [3.8, 4) is 0 Å². The lowest BCUT2D eigenvalue weighted by molar-refractivity contribution is -0.136. The van der Waals surface area contributed by atoms with Crippen LogP contribution in [0, 0.1) is 0 Å². The van der Waals surface area contributed by atoms with E-state index in [0.717, 1.165) is 10.7 Å². The molecule has 7 heteroatoms. The molecule has 17 heavy (non-hydrogen) atoms. The smallest absolute Gasteiger partial charge is 0.337 e. The van der Waals surface area contributed by atoms with Crippen molar-refractivity contribution in [2.45, 2.75) is 0 Å². The van der Waals surface area contributed by atoms with Gasteiger partial charge in [0.15, 0.2) is 10.8 Å². The van der Waals surface area contributed by atoms with E-state index in [0.29, 0.717) is 23.3 Å². The van der Waals surface area contributed by atoms with Gasteiger partial charge >= 0.3 is 5.97 Å². The second-order valence-electron chi connectivity index (χ2n) is 3.21. The molecule has 1 N–H and O–H groups in total. The molecule has 90 valence electrons. The lowest BCUT2D eigenvalue weighted by atomic mass is 10.2. The molecule has 1 aliphatic rings. The summed E-state index contributed by atoms with van der Waals surface area (Å²) in [5.41, 5.74) is 1.32. The summed E-state index contributed by atoms with van der Waals surface area (Å²) in [6, 6.07) is 0. The van der Waals surface area contributed by atoms with E-state index in [2.05, 4.69) is 31.2 Å². The maximum atomic E-state index is 11.5. The van der Waals surface area contributed by atoms with Crippen LogP contribution in [-0.4, -0.2) is 35.8 Å². The zero-order chi connectivity index (χ0) is 12.3. The molecule has 0 bridgehead atoms. The van der Waals surface area contributed by atoms with Gasteiger partial charge < -0.3 is 10.1 Å². The first-order valence-corrected chi connectivity index (χ1v) is 6.84. The highest BCUT2D eigenvalue weighted by molar-refractivity contribution is 9.09. The van der Waals surface area contributed by atoms with Crippen LogP contribution in [0.2, 0.25) is 0 Å². The fourth-order valence-electron chi connectivity index (χ4n) is 1.40. The van der Waals surface area contributed by atoms with Crippen LogP contribution in [0.1, 0.15) is 5.01 Å². The summed E-state index contributed by atoms with van der Waals surface area (Å²) in [5.74, 6) is 0.344. The molecule has 0 saturated heterocycles. The van der Waals surface area contributed by atoms with Crippen molar-refractivity contribution in [1.82, 2.24) is 10.3 Å². The van der Waals surface area contributed by atoms with E-state index in [1.807, 2.05) is 5.38 Å². The topological polar surface area (TPSA) is 63.6 Å². The first-order valence-electron chi connectivity index (χ1n) is 4.84. The van der Waals surface area contributed by atoms with E-state index < -0.39 is 0 Å². The minimum atomic E-state index is -0.353. The van der Waals surface area contributed by atoms with Gasteiger partial charge in [-0.1, -0.05) is 15.9 Å². The normalized spacial score (nSPS) is 15.3. The van der Waals surface area contributed by atoms with Gasteiger partial charge in [-0.25, -0.2) is 9.78 Å². The second-order valence-corrected chi connectivity index (χ2v) is 4.66. The number of amidine groups is 1. The maximum Gasteiger partial charge on any atom is 0.337 e. The summed E-state index contributed by atoms with van der Waals surface area (Å²) in [4.78, 5) is 20.0. The highest BCUT2D eigenvalue weighted by Crippen LogP contribution is 2.15. The van der Waals surface area contributed by atoms with Crippen LogP contribution in [0.3, 0.4) is 0 Å². The molecule has 1 aliphatic heterocycles. The Morgan fingerprint density at radius 3 is 3.12 bits per heavy atom. The number of alkyl halides is 1. The summed E-state index contributed by atoms with van der Waals surface area (Å²) in [7, 11) is 1.36. The van der Waals surface area contributed by atoms with Crippen molar-refractivity contribution < 1.29 is 9.53 Å². The number of esters is 1. The summed E-state index contributed by atoms with van der Waals surface area (Å²) in [5, 5.41) is 6.34. The minimum absolute atomic E-state index is 0.315. The Balaban J connectivity index is 2.22. The Bertz CT molecular complexity index is 482. The molecule has 1 aromatic heterocycles. The number of thiazole rings is 1. The van der Waals surface area contributed by atoms with Crippen LogP contribution >= 0.6 is 27.3 Å². The van der Waals surface area contributed by atoms with Gasteiger partial charge in [-0.05, 0) is 0 Å². The number of ether oxygens (including phenoxy) is 1. The summed E-state index contributed by atoms with van der Waals surface area (Å²) < 4.78 is 4.71. The second kappa shape index (κ2) is 5.42. The van der Waals surface area contributed by atoms with E-state index in [-0.39, 0.29) is 5.97 Å². The number of hydrogen-bond acceptors (Lipinski definition) is 6. The van der Waals surface area contributed by atoms with Crippen LogP contribution < -0.4 is 5.32 Å². The fourth-order valence-corrected chi connectivity index (χ4v) is 2.48. The number of nitrogens with one attached hydrogen (secondary N) is 1. The first kappa shape index (κ1) is 12.3. The third-order valence-electron chi connectivity index (χ3n) is 2.23. The lowest BCUT2D eigenvalue weighted by Gasteiger charge is -2.18. The van der Waals surface area contributed by atoms with E-state index in [1.165, 1.54) is 18.4 Å². The van der Waals surface area contributed by atoms with Gasteiger partial charge in [0.1, 0.15) is 0 Å². The van der Waals surface area contributed by atoms with Gasteiger partial charge in [0.2, 0.25) is 0 Å². The standard InChI is InChI=1S/C10H10BrN3O2S/c1-16-10(15)6-5-13-8(14-7(6)4-11)9-12-2-3-17-9/h2-3H,4-5H2,1H3,(H,13,14). The van der Waals surface area contributed by atoms with Crippen molar-refractivity contribution in [3.05, 3.63) is 27.9 Å². The number of rotatable bonds is 3. The molecule has 0 atom stereocenters. The summed E-state index contributed by atoms with van der Waals surface area (Å²) >= 11 is 4.84. The lowest BCUT2D eigenvalue weighted by Crippen LogP contribution is -2.32. The highest BCUT2D eigenvalue weighted by Gasteiger charge is 2.22. The number of methoxy groups -OCH3 is 1. The number of hydrogen-bond donors (Lipinski definition) is 1. The molecule has 0 aromatic carbocycles. The Kier molecular flexibility index (Phi) is 3.90. The van der Waals surface area contributed by atoms with Crippen LogP contribution in [0.15, 0.2) is 27.8 Å². The summed E-state index contributed by atoms with van der Waals surface area (Å²) in [6.07, 6.45) is 1.72. The van der Waals surface area contributed by atoms with Crippen LogP contribution in [0.4, 0.5) is 0 Å². The molecule has 0 spiro atoms. The SMILES string of the molecule is COC(=O)C1=C(CBr)NC(c2nccs2)=NC1. The molecule has 0 fully saturated rings. The van der Waals surface area contributed by atoms with Gasteiger partial charge in [0.25, 0.3) is 0 Å². The van der Waals surface area contributed by atoms with Crippen molar-refractivity contribution in [2.24, 2.45) is 4.99 Å². The van der Waals surface area contributed by atoms with Gasteiger partial charge in [-0.3, -0.25) is 4.99 Å². The van der Waals surface area contributed by atoms with Gasteiger partial charge in [0, 0.05) is 22.6 Å². The molecular weight excluding hydrogens is 306 g/mol. The van der Waals surface area contributed by atoms with Crippen molar-refractivity contribution in [1.29, 1.82) is 0 Å². The monoisotopic (exact) mass is 315 g/mol.